The van der Waals surface area contributed by atoms with Crippen molar-refractivity contribution in [1.82, 2.24) is 4.57 Å². The number of nitro benzene ring substituents is 1. The Bertz CT molecular complexity index is 729. The molecule has 0 aliphatic rings. The summed E-state index contributed by atoms with van der Waals surface area (Å²) >= 11 is 0. The number of esters is 1. The van der Waals surface area contributed by atoms with E-state index in [0.29, 0.717) is 0 Å². The molecular formula is C12H12N2O6. The minimum Gasteiger partial charge on any atom is -0.469 e. The lowest BCUT2D eigenvalue weighted by atomic mass is 10.2. The number of hydrogen-bond donors (Lipinski definition) is 0. The van der Waals surface area contributed by atoms with Gasteiger partial charge >= 0.3 is 11.7 Å². The normalized spacial score (nSPS) is 12.3. The molecule has 8 nitrogen and oxygen atoms in total. The number of fused-ring (bicyclic) bond motifs is 1. The van der Waals surface area contributed by atoms with Crippen LogP contribution in [0.25, 0.3) is 11.1 Å². The minimum atomic E-state index is -0.670. The molecule has 0 N–H and O–H groups in total. The van der Waals surface area contributed by atoms with E-state index in [1.165, 1.54) is 29.9 Å². The topological polar surface area (TPSA) is 105 Å². The number of benzene rings is 1. The zero-order valence-electron chi connectivity index (χ0n) is 10.9. The molecule has 1 aromatic carbocycles. The number of nitro groups is 1. The molecule has 0 fully saturated rings. The number of methoxy groups -OCH3 is 1. The smallest absolute Gasteiger partial charge is 0.419 e. The fourth-order valence-electron chi connectivity index (χ4n) is 1.89. The van der Waals surface area contributed by atoms with Gasteiger partial charge in [-0.25, -0.2) is 4.79 Å². The van der Waals surface area contributed by atoms with Gasteiger partial charge in [0.2, 0.25) is 0 Å². The van der Waals surface area contributed by atoms with Crippen molar-refractivity contribution < 1.29 is 18.9 Å². The standard InChI is InChI=1S/C12H12N2O6/c1-7(11(15)19-2)6-13-9-5-8(14(17)18)3-4-10(9)20-12(13)16/h3-5,7H,6H2,1-2H3. The van der Waals surface area contributed by atoms with E-state index in [1.54, 1.807) is 6.92 Å². The summed E-state index contributed by atoms with van der Waals surface area (Å²) in [5.74, 6) is -1.72. The number of non-ortho nitro benzene ring substituents is 1. The maximum atomic E-state index is 11.7. The minimum absolute atomic E-state index is 0.0275. The van der Waals surface area contributed by atoms with Gasteiger partial charge in [0.05, 0.1) is 23.5 Å². The second kappa shape index (κ2) is 5.16. The summed E-state index contributed by atoms with van der Waals surface area (Å²) in [7, 11) is 1.25. The van der Waals surface area contributed by atoms with Crippen molar-refractivity contribution in [3.8, 4) is 0 Å². The quantitative estimate of drug-likeness (QED) is 0.475. The van der Waals surface area contributed by atoms with Gasteiger partial charge in [-0.2, -0.15) is 0 Å². The molecule has 1 atom stereocenters. The predicted molar refractivity (Wildman–Crippen MR) is 68.3 cm³/mol. The van der Waals surface area contributed by atoms with Crippen molar-refractivity contribution in [1.29, 1.82) is 0 Å². The van der Waals surface area contributed by atoms with Crippen molar-refractivity contribution in [2.24, 2.45) is 5.92 Å². The summed E-state index contributed by atoms with van der Waals surface area (Å²) in [4.78, 5) is 33.3. The van der Waals surface area contributed by atoms with Gasteiger partial charge in [-0.05, 0) is 6.07 Å². The van der Waals surface area contributed by atoms with E-state index in [0.717, 1.165) is 0 Å². The molecule has 20 heavy (non-hydrogen) atoms. The molecule has 2 rings (SSSR count). The zero-order chi connectivity index (χ0) is 14.9. The first-order chi connectivity index (χ1) is 9.43. The van der Waals surface area contributed by atoms with Crippen molar-refractivity contribution in [3.63, 3.8) is 0 Å². The van der Waals surface area contributed by atoms with Crippen LogP contribution in [-0.2, 0) is 16.1 Å². The van der Waals surface area contributed by atoms with Crippen LogP contribution in [0.4, 0.5) is 5.69 Å². The van der Waals surface area contributed by atoms with E-state index >= 15 is 0 Å². The summed E-state index contributed by atoms with van der Waals surface area (Å²) in [5, 5.41) is 10.8. The molecule has 0 saturated carbocycles. The van der Waals surface area contributed by atoms with Crippen molar-refractivity contribution in [3.05, 3.63) is 38.9 Å². The molecule has 1 unspecified atom stereocenters. The van der Waals surface area contributed by atoms with Gasteiger partial charge in [0, 0.05) is 18.7 Å². The van der Waals surface area contributed by atoms with Crippen molar-refractivity contribution >= 4 is 22.8 Å². The number of carbonyl (C=O) groups is 1. The molecule has 0 amide bonds. The molecule has 0 saturated heterocycles. The van der Waals surface area contributed by atoms with Gasteiger partial charge in [-0.15, -0.1) is 0 Å². The van der Waals surface area contributed by atoms with Crippen LogP contribution in [0.1, 0.15) is 6.92 Å². The second-order valence-electron chi connectivity index (χ2n) is 4.31. The Labute approximate surface area is 112 Å². The Morgan fingerprint density at radius 3 is 2.85 bits per heavy atom. The summed E-state index contributed by atoms with van der Waals surface area (Å²) in [6.07, 6.45) is 0. The van der Waals surface area contributed by atoms with E-state index < -0.39 is 22.6 Å². The van der Waals surface area contributed by atoms with Crippen LogP contribution in [-0.4, -0.2) is 22.6 Å². The Kier molecular flexibility index (Phi) is 3.55. The highest BCUT2D eigenvalue weighted by atomic mass is 16.6. The first-order valence-corrected chi connectivity index (χ1v) is 5.79. The van der Waals surface area contributed by atoms with E-state index in [1.807, 2.05) is 0 Å². The molecule has 0 aliphatic carbocycles. The number of carbonyl (C=O) groups excluding carboxylic acids is 1. The monoisotopic (exact) mass is 280 g/mol. The van der Waals surface area contributed by atoms with Crippen LogP contribution in [0.3, 0.4) is 0 Å². The molecule has 0 spiro atoms. The molecule has 1 heterocycles. The van der Waals surface area contributed by atoms with Gasteiger partial charge in [-0.1, -0.05) is 6.92 Å². The molecule has 0 bridgehead atoms. The lowest BCUT2D eigenvalue weighted by Gasteiger charge is -2.08. The average molecular weight is 280 g/mol. The van der Waals surface area contributed by atoms with Crippen LogP contribution < -0.4 is 5.76 Å². The SMILES string of the molecule is COC(=O)C(C)Cn1c(=O)oc2ccc([N+](=O)[O-])cc21. The molecule has 1 aromatic heterocycles. The molecule has 0 radical (unpaired) electrons. The third kappa shape index (κ3) is 2.40. The second-order valence-corrected chi connectivity index (χ2v) is 4.31. The highest BCUT2D eigenvalue weighted by molar-refractivity contribution is 5.76. The fraction of sp³-hybridized carbons (Fsp3) is 0.333. The van der Waals surface area contributed by atoms with Crippen LogP contribution in [0.2, 0.25) is 0 Å². The van der Waals surface area contributed by atoms with E-state index in [9.17, 15) is 19.7 Å². The Balaban J connectivity index is 2.49. The number of nitrogens with zero attached hydrogens (tertiary/aromatic N) is 2. The lowest BCUT2D eigenvalue weighted by molar-refractivity contribution is -0.384. The molecular weight excluding hydrogens is 268 g/mol. The van der Waals surface area contributed by atoms with Gasteiger partial charge in [0.15, 0.2) is 5.58 Å². The number of oxazole rings is 1. The average Bonchev–Trinajstić information content (AvgIpc) is 2.73. The van der Waals surface area contributed by atoms with Gasteiger partial charge < -0.3 is 9.15 Å². The lowest BCUT2D eigenvalue weighted by Crippen LogP contribution is -2.24. The Morgan fingerprint density at radius 1 is 1.55 bits per heavy atom. The van der Waals surface area contributed by atoms with E-state index in [-0.39, 0.29) is 23.3 Å². The largest absolute Gasteiger partial charge is 0.469 e. The van der Waals surface area contributed by atoms with Crippen molar-refractivity contribution in [2.45, 2.75) is 13.5 Å². The van der Waals surface area contributed by atoms with Gasteiger partial charge in [0.25, 0.3) is 5.69 Å². The van der Waals surface area contributed by atoms with Crippen molar-refractivity contribution in [2.75, 3.05) is 7.11 Å². The molecule has 0 aliphatic heterocycles. The van der Waals surface area contributed by atoms with E-state index in [4.69, 9.17) is 4.42 Å². The number of rotatable bonds is 4. The third-order valence-electron chi connectivity index (χ3n) is 2.92. The number of ether oxygens (including phenoxy) is 1. The summed E-state index contributed by atoms with van der Waals surface area (Å²) < 4.78 is 10.7. The molecule has 106 valence electrons. The van der Waals surface area contributed by atoms with Crippen LogP contribution in [0.5, 0.6) is 0 Å². The summed E-state index contributed by atoms with van der Waals surface area (Å²) in [6, 6.07) is 3.84. The Hall–Kier alpha value is -2.64. The van der Waals surface area contributed by atoms with Gasteiger partial charge in [-0.3, -0.25) is 19.5 Å². The predicted octanol–water partition coefficient (Wildman–Crippen LogP) is 1.31. The van der Waals surface area contributed by atoms with Gasteiger partial charge in [0.1, 0.15) is 0 Å². The third-order valence-corrected chi connectivity index (χ3v) is 2.92. The highest BCUT2D eigenvalue weighted by Crippen LogP contribution is 2.20. The maximum Gasteiger partial charge on any atom is 0.419 e. The first kappa shape index (κ1) is 13.8. The first-order valence-electron chi connectivity index (χ1n) is 5.79. The maximum absolute atomic E-state index is 11.7. The summed E-state index contributed by atoms with van der Waals surface area (Å²) in [5.41, 5.74) is 0.357. The highest BCUT2D eigenvalue weighted by Gasteiger charge is 2.19. The molecule has 8 heteroatoms. The summed E-state index contributed by atoms with van der Waals surface area (Å²) in [6.45, 7) is 1.62. The van der Waals surface area contributed by atoms with Crippen LogP contribution in [0.15, 0.2) is 27.4 Å². The molecule has 2 aromatic rings. The van der Waals surface area contributed by atoms with Crippen LogP contribution in [0, 0.1) is 16.0 Å². The van der Waals surface area contributed by atoms with Crippen LogP contribution >= 0.6 is 0 Å². The van der Waals surface area contributed by atoms with E-state index in [2.05, 4.69) is 4.74 Å². The Morgan fingerprint density at radius 2 is 2.25 bits per heavy atom. The fourth-order valence-corrected chi connectivity index (χ4v) is 1.89. The number of hydrogen-bond acceptors (Lipinski definition) is 6. The number of aromatic nitrogens is 1. The zero-order valence-corrected chi connectivity index (χ0v) is 10.9.